The number of hydrogen-bond acceptors (Lipinski definition) is 7. The van der Waals surface area contributed by atoms with Gasteiger partial charge >= 0.3 is 6.03 Å². The van der Waals surface area contributed by atoms with Crippen LogP contribution in [0.1, 0.15) is 0 Å². The molecule has 2 N–H and O–H groups in total. The monoisotopic (exact) mass is 373 g/mol. The van der Waals surface area contributed by atoms with Crippen molar-refractivity contribution in [3.8, 4) is 23.0 Å². The topological polar surface area (TPSA) is 90.9 Å². The van der Waals surface area contributed by atoms with E-state index in [0.717, 1.165) is 4.70 Å². The number of rotatable bonds is 4. The summed E-state index contributed by atoms with van der Waals surface area (Å²) in [5.41, 5.74) is 1.31. The van der Waals surface area contributed by atoms with Crippen LogP contribution in [0.4, 0.5) is 15.6 Å². The third-order valence-electron chi connectivity index (χ3n) is 3.74. The minimum atomic E-state index is -0.401. The fraction of sp³-hybridized carbons (Fsp3) is 0.176. The largest absolute Gasteiger partial charge is 0.493 e. The summed E-state index contributed by atoms with van der Waals surface area (Å²) < 4.78 is 22.0. The zero-order valence-corrected chi connectivity index (χ0v) is 14.8. The third-order valence-corrected chi connectivity index (χ3v) is 4.68. The highest BCUT2D eigenvalue weighted by atomic mass is 32.1. The van der Waals surface area contributed by atoms with Gasteiger partial charge in [-0.25, -0.2) is 9.78 Å². The Morgan fingerprint density at radius 2 is 1.85 bits per heavy atom. The number of carbonyl (C=O) groups excluding carboxylic acids is 1. The molecule has 1 aliphatic heterocycles. The number of amides is 2. The van der Waals surface area contributed by atoms with Gasteiger partial charge in [-0.15, -0.1) is 0 Å². The first-order valence-corrected chi connectivity index (χ1v) is 8.48. The molecule has 2 aromatic carbocycles. The van der Waals surface area contributed by atoms with Crippen molar-refractivity contribution in [1.29, 1.82) is 0 Å². The average Bonchev–Trinajstić information content (AvgIpc) is 3.25. The first kappa shape index (κ1) is 16.3. The van der Waals surface area contributed by atoms with Crippen molar-refractivity contribution in [2.24, 2.45) is 0 Å². The molecule has 0 radical (unpaired) electrons. The quantitative estimate of drug-likeness (QED) is 0.725. The van der Waals surface area contributed by atoms with E-state index in [1.165, 1.54) is 11.3 Å². The van der Waals surface area contributed by atoms with E-state index in [1.807, 2.05) is 6.07 Å². The number of nitrogens with one attached hydrogen (secondary N) is 2. The summed E-state index contributed by atoms with van der Waals surface area (Å²) in [6.45, 7) is 0.184. The Balaban J connectivity index is 1.50. The number of nitrogens with zero attached hydrogens (tertiary/aromatic N) is 1. The van der Waals surface area contributed by atoms with Crippen LogP contribution in [-0.2, 0) is 0 Å². The molecule has 0 atom stereocenters. The molecular weight excluding hydrogens is 358 g/mol. The van der Waals surface area contributed by atoms with Crippen molar-refractivity contribution < 1.29 is 23.7 Å². The highest BCUT2D eigenvalue weighted by molar-refractivity contribution is 7.22. The lowest BCUT2D eigenvalue weighted by atomic mass is 10.3. The van der Waals surface area contributed by atoms with Gasteiger partial charge in [0.25, 0.3) is 0 Å². The van der Waals surface area contributed by atoms with Crippen LogP contribution in [0.3, 0.4) is 0 Å². The summed E-state index contributed by atoms with van der Waals surface area (Å²) in [6, 6.07) is 8.38. The van der Waals surface area contributed by atoms with Gasteiger partial charge in [-0.2, -0.15) is 0 Å². The van der Waals surface area contributed by atoms with Crippen LogP contribution in [0.25, 0.3) is 10.2 Å². The maximum absolute atomic E-state index is 12.2. The number of benzene rings is 2. The van der Waals surface area contributed by atoms with Crippen molar-refractivity contribution in [3.63, 3.8) is 0 Å². The van der Waals surface area contributed by atoms with Gasteiger partial charge in [0.15, 0.2) is 28.1 Å². The van der Waals surface area contributed by atoms with Gasteiger partial charge in [0.05, 0.1) is 24.4 Å². The van der Waals surface area contributed by atoms with Crippen molar-refractivity contribution in [2.45, 2.75) is 0 Å². The Kier molecular flexibility index (Phi) is 4.13. The molecule has 1 aromatic heterocycles. The van der Waals surface area contributed by atoms with Crippen LogP contribution >= 0.6 is 11.3 Å². The number of hydrogen-bond donors (Lipinski definition) is 2. The Bertz CT molecular complexity index is 947. The lowest BCUT2D eigenvalue weighted by molar-refractivity contribution is 0.174. The fourth-order valence-electron chi connectivity index (χ4n) is 2.54. The van der Waals surface area contributed by atoms with Crippen molar-refractivity contribution >= 4 is 38.4 Å². The number of ether oxygens (including phenoxy) is 4. The highest BCUT2D eigenvalue weighted by Gasteiger charge is 2.15. The zero-order valence-electron chi connectivity index (χ0n) is 14.0. The van der Waals surface area contributed by atoms with Gasteiger partial charge in [-0.05, 0) is 12.1 Å². The van der Waals surface area contributed by atoms with E-state index < -0.39 is 6.03 Å². The van der Waals surface area contributed by atoms with E-state index in [1.54, 1.807) is 38.5 Å². The van der Waals surface area contributed by atoms with Crippen LogP contribution < -0.4 is 29.6 Å². The number of thiazole rings is 1. The number of urea groups is 1. The third kappa shape index (κ3) is 3.04. The smallest absolute Gasteiger partial charge is 0.325 e. The predicted molar refractivity (Wildman–Crippen MR) is 97.9 cm³/mol. The molecule has 3 aromatic rings. The fourth-order valence-corrected chi connectivity index (χ4v) is 3.41. The molecule has 0 fully saturated rings. The summed E-state index contributed by atoms with van der Waals surface area (Å²) in [5, 5.41) is 5.93. The van der Waals surface area contributed by atoms with Crippen LogP contribution in [0.15, 0.2) is 30.3 Å². The van der Waals surface area contributed by atoms with Crippen molar-refractivity contribution in [1.82, 2.24) is 4.98 Å². The maximum Gasteiger partial charge on any atom is 0.325 e. The highest BCUT2D eigenvalue weighted by Crippen LogP contribution is 2.36. The molecule has 0 saturated heterocycles. The first-order valence-electron chi connectivity index (χ1n) is 7.66. The molecule has 4 rings (SSSR count). The summed E-state index contributed by atoms with van der Waals surface area (Å²) >= 11 is 1.34. The summed E-state index contributed by atoms with van der Waals surface area (Å²) in [5.74, 6) is 2.45. The van der Waals surface area contributed by atoms with Gasteiger partial charge in [-0.1, -0.05) is 11.3 Å². The first-order chi connectivity index (χ1) is 12.7. The molecule has 0 spiro atoms. The Morgan fingerprint density at radius 1 is 1.08 bits per heavy atom. The number of aromatic nitrogens is 1. The molecular formula is C17H15N3O5S. The summed E-state index contributed by atoms with van der Waals surface area (Å²) in [4.78, 5) is 16.6. The van der Waals surface area contributed by atoms with Gasteiger partial charge < -0.3 is 24.3 Å². The van der Waals surface area contributed by atoms with Crippen molar-refractivity contribution in [3.05, 3.63) is 30.3 Å². The molecule has 8 nitrogen and oxygen atoms in total. The number of fused-ring (bicyclic) bond motifs is 2. The van der Waals surface area contributed by atoms with Gasteiger partial charge in [0, 0.05) is 23.9 Å². The molecule has 134 valence electrons. The number of anilines is 2. The standard InChI is InChI=1S/C17H15N3O5S/c1-22-12-6-10-15(7-13(12)23-2)26-17(19-10)20-16(21)18-9-3-4-11-14(5-9)25-8-24-11/h3-7H,8H2,1-2H3,(H2,18,19,20,21). The van der Waals surface area contributed by atoms with Gasteiger partial charge in [0.1, 0.15) is 0 Å². The Hall–Kier alpha value is -3.20. The number of carbonyl (C=O) groups is 1. The molecule has 0 unspecified atom stereocenters. The lowest BCUT2D eigenvalue weighted by Crippen LogP contribution is -2.19. The minimum absolute atomic E-state index is 0.184. The van der Waals surface area contributed by atoms with E-state index in [2.05, 4.69) is 15.6 Å². The SMILES string of the molecule is COc1cc2nc(NC(=O)Nc3ccc4c(c3)OCO4)sc2cc1OC. The maximum atomic E-state index is 12.2. The van der Waals surface area contributed by atoms with E-state index in [0.29, 0.717) is 39.3 Å². The van der Waals surface area contributed by atoms with Crippen LogP contribution in [-0.4, -0.2) is 32.0 Å². The molecule has 26 heavy (non-hydrogen) atoms. The zero-order chi connectivity index (χ0) is 18.1. The molecule has 0 saturated carbocycles. The summed E-state index contributed by atoms with van der Waals surface area (Å²) in [7, 11) is 3.14. The van der Waals surface area contributed by atoms with E-state index in [9.17, 15) is 4.79 Å². The lowest BCUT2D eigenvalue weighted by Gasteiger charge is -2.06. The molecule has 2 heterocycles. The Labute approximate surface area is 152 Å². The Morgan fingerprint density at radius 3 is 2.65 bits per heavy atom. The van der Waals surface area contributed by atoms with Gasteiger partial charge in [-0.3, -0.25) is 5.32 Å². The second kappa shape index (κ2) is 6.60. The van der Waals surface area contributed by atoms with Crippen LogP contribution in [0, 0.1) is 0 Å². The number of methoxy groups -OCH3 is 2. The second-order valence-electron chi connectivity index (χ2n) is 5.34. The minimum Gasteiger partial charge on any atom is -0.493 e. The van der Waals surface area contributed by atoms with E-state index in [4.69, 9.17) is 18.9 Å². The van der Waals surface area contributed by atoms with Crippen LogP contribution in [0.5, 0.6) is 23.0 Å². The molecule has 0 bridgehead atoms. The molecule has 2 amide bonds. The van der Waals surface area contributed by atoms with E-state index in [-0.39, 0.29) is 6.79 Å². The van der Waals surface area contributed by atoms with E-state index >= 15 is 0 Å². The van der Waals surface area contributed by atoms with Crippen LogP contribution in [0.2, 0.25) is 0 Å². The average molecular weight is 373 g/mol. The summed E-state index contributed by atoms with van der Waals surface area (Å²) in [6.07, 6.45) is 0. The molecule has 0 aliphatic carbocycles. The predicted octanol–water partition coefficient (Wildman–Crippen LogP) is 3.69. The van der Waals surface area contributed by atoms with Gasteiger partial charge in [0.2, 0.25) is 6.79 Å². The second-order valence-corrected chi connectivity index (χ2v) is 6.37. The molecule has 1 aliphatic rings. The van der Waals surface area contributed by atoms with Crippen molar-refractivity contribution in [2.75, 3.05) is 31.6 Å². The molecule has 9 heteroatoms. The normalized spacial score (nSPS) is 12.1.